The van der Waals surface area contributed by atoms with Crippen LogP contribution in [0.15, 0.2) is 0 Å². The highest BCUT2D eigenvalue weighted by Crippen LogP contribution is 2.34. The number of ether oxygens (including phenoxy) is 7. The summed E-state index contributed by atoms with van der Waals surface area (Å²) in [7, 11) is 4.30. The highest BCUT2D eigenvalue weighted by Gasteiger charge is 2.50. The van der Waals surface area contributed by atoms with Crippen molar-refractivity contribution >= 4 is 25.1 Å². The number of carbonyl (C=O) groups excluding carboxylic acids is 4. The van der Waals surface area contributed by atoms with Gasteiger partial charge in [0.15, 0.2) is 12.6 Å². The Morgan fingerprint density at radius 1 is 0.732 bits per heavy atom. The molecule has 0 saturated carbocycles. The molecule has 2 heterocycles. The van der Waals surface area contributed by atoms with Crippen molar-refractivity contribution in [1.29, 1.82) is 0 Å². The fraction of sp³-hybridized carbons (Fsp3) is 0.846. The van der Waals surface area contributed by atoms with E-state index in [0.29, 0.717) is 25.1 Å². The summed E-state index contributed by atoms with van der Waals surface area (Å²) in [6.45, 7) is 3.36. The first-order valence-corrected chi connectivity index (χ1v) is 13.5. The van der Waals surface area contributed by atoms with E-state index < -0.39 is 91.2 Å². The Morgan fingerprint density at radius 2 is 1.22 bits per heavy atom. The van der Waals surface area contributed by atoms with E-state index in [1.165, 1.54) is 21.3 Å². The lowest BCUT2D eigenvalue weighted by molar-refractivity contribution is -0.309. The van der Waals surface area contributed by atoms with Gasteiger partial charge < -0.3 is 75.3 Å². The number of rotatable bonds is 17. The van der Waals surface area contributed by atoms with E-state index in [1.807, 2.05) is 0 Å². The lowest BCUT2D eigenvalue weighted by Gasteiger charge is -2.47. The molecule has 15 atom stereocenters. The van der Waals surface area contributed by atoms with Crippen molar-refractivity contribution in [3.63, 3.8) is 0 Å². The lowest BCUT2D eigenvalue weighted by Crippen LogP contribution is -2.63. The molecular weight excluding hydrogens is 544 g/mol. The minimum absolute atomic E-state index is 0.0576. The first-order valence-electron chi connectivity index (χ1n) is 13.5. The van der Waals surface area contributed by atoms with Crippen molar-refractivity contribution in [2.75, 3.05) is 27.9 Å². The van der Waals surface area contributed by atoms with Gasteiger partial charge in [-0.2, -0.15) is 0 Å². The van der Waals surface area contributed by atoms with Crippen molar-refractivity contribution in [1.82, 2.24) is 0 Å². The summed E-state index contributed by atoms with van der Waals surface area (Å²) in [5.41, 5.74) is 24.8. The van der Waals surface area contributed by atoms with Gasteiger partial charge >= 0.3 is 0 Å². The van der Waals surface area contributed by atoms with Gasteiger partial charge in [-0.3, -0.25) is 0 Å². The Labute approximate surface area is 240 Å². The molecule has 0 spiro atoms. The van der Waals surface area contributed by atoms with Crippen LogP contribution in [0.4, 0.5) is 0 Å². The Balaban J connectivity index is 2.40. The van der Waals surface area contributed by atoms with Gasteiger partial charge in [0.1, 0.15) is 61.8 Å². The van der Waals surface area contributed by atoms with Crippen LogP contribution in [0.5, 0.6) is 0 Å². The SMILES string of the molecule is COC(C(O[C@H]1O[C@H](CN)[C@@H](OC)C(OC)C1C=O)[C@H](C)N)[C@@H](O[C@H]1OC(CC=O)[C@@H](C=O)C(N)[C@@H]1C=O)[C@@H](C)N. The third-order valence-corrected chi connectivity index (χ3v) is 7.75. The molecule has 2 aliphatic heterocycles. The lowest BCUT2D eigenvalue weighted by atomic mass is 9.82. The van der Waals surface area contributed by atoms with Crippen molar-refractivity contribution in [2.45, 2.75) is 93.7 Å². The molecule has 0 aliphatic carbocycles. The topological polar surface area (TPSA) is 237 Å². The number of carbonyl (C=O) groups is 4. The molecule has 0 bridgehead atoms. The van der Waals surface area contributed by atoms with Crippen molar-refractivity contribution in [3.8, 4) is 0 Å². The van der Waals surface area contributed by atoms with E-state index in [9.17, 15) is 19.2 Å². The molecule has 0 radical (unpaired) electrons. The molecule has 0 aromatic carbocycles. The summed E-state index contributed by atoms with van der Waals surface area (Å²) in [4.78, 5) is 47.1. The van der Waals surface area contributed by atoms with Crippen LogP contribution in [0.3, 0.4) is 0 Å². The third kappa shape index (κ3) is 8.00. The van der Waals surface area contributed by atoms with Crippen LogP contribution >= 0.6 is 0 Å². The van der Waals surface area contributed by atoms with Gasteiger partial charge in [0.05, 0.1) is 23.9 Å². The predicted octanol–water partition coefficient (Wildman–Crippen LogP) is -2.73. The molecule has 0 aromatic heterocycles. The zero-order valence-corrected chi connectivity index (χ0v) is 24.2. The van der Waals surface area contributed by atoms with Gasteiger partial charge in [-0.25, -0.2) is 0 Å². The molecule has 2 rings (SSSR count). The highest BCUT2D eigenvalue weighted by molar-refractivity contribution is 5.63. The van der Waals surface area contributed by atoms with E-state index in [-0.39, 0.29) is 13.0 Å². The van der Waals surface area contributed by atoms with Gasteiger partial charge in [-0.1, -0.05) is 0 Å². The van der Waals surface area contributed by atoms with E-state index in [1.54, 1.807) is 13.8 Å². The first kappa shape index (κ1) is 35.4. The van der Waals surface area contributed by atoms with Crippen LogP contribution in [0.2, 0.25) is 0 Å². The third-order valence-electron chi connectivity index (χ3n) is 7.75. The minimum atomic E-state index is -1.26. The second-order valence-corrected chi connectivity index (χ2v) is 10.5. The summed E-state index contributed by atoms with van der Waals surface area (Å²) >= 11 is 0. The second kappa shape index (κ2) is 16.8. The number of hydrogen-bond donors (Lipinski definition) is 4. The Morgan fingerprint density at radius 3 is 1.61 bits per heavy atom. The zero-order valence-electron chi connectivity index (χ0n) is 24.2. The molecular formula is C26H46N4O11. The van der Waals surface area contributed by atoms with Crippen LogP contribution in [0.25, 0.3) is 0 Å². The van der Waals surface area contributed by atoms with Gasteiger partial charge in [-0.15, -0.1) is 0 Å². The van der Waals surface area contributed by atoms with Gasteiger partial charge in [0.25, 0.3) is 0 Å². The zero-order chi connectivity index (χ0) is 30.9. The van der Waals surface area contributed by atoms with Gasteiger partial charge in [0.2, 0.25) is 0 Å². The maximum absolute atomic E-state index is 12.2. The molecule has 41 heavy (non-hydrogen) atoms. The minimum Gasteiger partial charge on any atom is -0.378 e. The quantitative estimate of drug-likeness (QED) is 0.126. The normalized spacial score (nSPS) is 37.8. The van der Waals surface area contributed by atoms with Crippen LogP contribution < -0.4 is 22.9 Å². The van der Waals surface area contributed by atoms with Crippen molar-refractivity contribution in [3.05, 3.63) is 0 Å². The second-order valence-electron chi connectivity index (χ2n) is 10.5. The van der Waals surface area contributed by atoms with E-state index in [4.69, 9.17) is 56.1 Å². The molecule has 0 aromatic rings. The molecule has 236 valence electrons. The summed E-state index contributed by atoms with van der Waals surface area (Å²) in [5, 5.41) is 0. The van der Waals surface area contributed by atoms with E-state index >= 15 is 0 Å². The fourth-order valence-corrected chi connectivity index (χ4v) is 5.53. The molecule has 2 saturated heterocycles. The molecule has 2 fully saturated rings. The highest BCUT2D eigenvalue weighted by atomic mass is 16.7. The number of nitrogens with two attached hydrogens (primary N) is 4. The van der Waals surface area contributed by atoms with Gasteiger partial charge in [-0.05, 0) is 13.8 Å². The average Bonchev–Trinajstić information content (AvgIpc) is 2.95. The molecule has 8 N–H and O–H groups in total. The number of aldehydes is 4. The number of methoxy groups -OCH3 is 3. The Kier molecular flexibility index (Phi) is 14.5. The smallest absolute Gasteiger partial charge is 0.170 e. The van der Waals surface area contributed by atoms with Crippen LogP contribution in [0.1, 0.15) is 20.3 Å². The fourth-order valence-electron chi connectivity index (χ4n) is 5.53. The summed E-state index contributed by atoms with van der Waals surface area (Å²) in [6, 6.07) is -2.42. The van der Waals surface area contributed by atoms with Crippen molar-refractivity contribution < 1.29 is 52.3 Å². The van der Waals surface area contributed by atoms with E-state index in [0.717, 1.165) is 0 Å². The molecule has 0 amide bonds. The maximum Gasteiger partial charge on any atom is 0.170 e. The Hall–Kier alpha value is -1.76. The Bertz CT molecular complexity index is 835. The molecule has 15 nitrogen and oxygen atoms in total. The average molecular weight is 591 g/mol. The molecule has 15 heteroatoms. The summed E-state index contributed by atoms with van der Waals surface area (Å²) in [5.74, 6) is -2.86. The summed E-state index contributed by atoms with van der Waals surface area (Å²) < 4.78 is 41.3. The van der Waals surface area contributed by atoms with Crippen molar-refractivity contribution in [2.24, 2.45) is 40.7 Å². The molecule has 2 aliphatic rings. The standard InChI is InChI=1S/C26H46N4O11/c1-12(28)20(40-25-15(10-33)19(30)14(9-32)17(38-25)6-7-31)24(37-5)21(13(2)29)41-26-16(11-34)22(35-3)23(36-4)18(8-27)39-26/h7,9-26H,6,8,27-30H2,1-5H3/t12-,13+,14-,15+,16?,17?,18-,19?,20+,21?,22?,23-,24?,25-,26-/m1/s1. The molecule has 6 unspecified atom stereocenters. The maximum atomic E-state index is 12.2. The first-order chi connectivity index (χ1) is 19.6. The summed E-state index contributed by atoms with van der Waals surface area (Å²) in [6.07, 6.45) is -6.09. The predicted molar refractivity (Wildman–Crippen MR) is 143 cm³/mol. The largest absolute Gasteiger partial charge is 0.378 e. The van der Waals surface area contributed by atoms with Crippen LogP contribution in [-0.2, 0) is 52.3 Å². The monoisotopic (exact) mass is 590 g/mol. The van der Waals surface area contributed by atoms with E-state index in [2.05, 4.69) is 0 Å². The van der Waals surface area contributed by atoms with Crippen LogP contribution in [-0.4, -0.2) is 126 Å². The number of hydrogen-bond acceptors (Lipinski definition) is 15. The van der Waals surface area contributed by atoms with Crippen LogP contribution in [0, 0.1) is 17.8 Å². The van der Waals surface area contributed by atoms with Gasteiger partial charge in [0, 0.05) is 52.4 Å².